The summed E-state index contributed by atoms with van der Waals surface area (Å²) in [6, 6.07) is 11.6. The van der Waals surface area contributed by atoms with Gasteiger partial charge in [-0.15, -0.1) is 0 Å². The molecule has 0 radical (unpaired) electrons. The van der Waals surface area contributed by atoms with E-state index in [0.717, 1.165) is 5.56 Å². The van der Waals surface area contributed by atoms with Gasteiger partial charge in [0.2, 0.25) is 5.91 Å². The van der Waals surface area contributed by atoms with Gasteiger partial charge < -0.3 is 10.5 Å². The van der Waals surface area contributed by atoms with Crippen LogP contribution < -0.4 is 10.5 Å². The Morgan fingerprint density at radius 3 is 2.80 bits per heavy atom. The fourth-order valence-electron chi connectivity index (χ4n) is 1.54. The van der Waals surface area contributed by atoms with Crippen molar-refractivity contribution in [1.29, 1.82) is 0 Å². The van der Waals surface area contributed by atoms with E-state index in [1.165, 1.54) is 0 Å². The molecular weight excluding hydrogens is 252 g/mol. The van der Waals surface area contributed by atoms with Crippen molar-refractivity contribution in [3.8, 4) is 17.6 Å². The first-order chi connectivity index (χ1) is 9.74. The summed E-state index contributed by atoms with van der Waals surface area (Å²) in [5, 5.41) is 0. The van der Waals surface area contributed by atoms with Gasteiger partial charge in [-0.3, -0.25) is 9.78 Å². The largest absolute Gasteiger partial charge is 0.487 e. The molecule has 4 heteroatoms. The van der Waals surface area contributed by atoms with Crippen LogP contribution in [0.15, 0.2) is 48.8 Å². The van der Waals surface area contributed by atoms with Crippen LogP contribution in [0.5, 0.6) is 5.75 Å². The number of pyridine rings is 1. The Morgan fingerprint density at radius 2 is 2.05 bits per heavy atom. The number of carbonyl (C=O) groups is 1. The van der Waals surface area contributed by atoms with Crippen LogP contribution in [-0.2, 0) is 11.4 Å². The number of carbonyl (C=O) groups excluding carboxylic acids is 1. The van der Waals surface area contributed by atoms with Crippen molar-refractivity contribution in [3.05, 3.63) is 59.9 Å². The van der Waals surface area contributed by atoms with E-state index in [0.29, 0.717) is 17.9 Å². The average Bonchev–Trinajstić information content (AvgIpc) is 2.46. The molecule has 0 aliphatic rings. The maximum Gasteiger partial charge on any atom is 0.229 e. The third-order valence-electron chi connectivity index (χ3n) is 2.46. The van der Waals surface area contributed by atoms with E-state index in [4.69, 9.17) is 10.5 Å². The summed E-state index contributed by atoms with van der Waals surface area (Å²) in [6.45, 7) is 0.473. The summed E-state index contributed by atoms with van der Waals surface area (Å²) in [7, 11) is 0. The number of primary amides is 1. The first-order valence-corrected chi connectivity index (χ1v) is 6.13. The molecule has 2 aromatic rings. The molecule has 4 nitrogen and oxygen atoms in total. The number of benzene rings is 1. The van der Waals surface area contributed by atoms with E-state index in [-0.39, 0.29) is 6.42 Å². The second kappa shape index (κ2) is 6.95. The van der Waals surface area contributed by atoms with Crippen molar-refractivity contribution in [3.63, 3.8) is 0 Å². The average molecular weight is 266 g/mol. The van der Waals surface area contributed by atoms with Gasteiger partial charge in [-0.05, 0) is 11.6 Å². The fourth-order valence-corrected chi connectivity index (χ4v) is 1.54. The Morgan fingerprint density at radius 1 is 1.25 bits per heavy atom. The highest BCUT2D eigenvalue weighted by molar-refractivity contribution is 5.76. The molecule has 0 aliphatic carbocycles. The van der Waals surface area contributed by atoms with E-state index in [9.17, 15) is 4.79 Å². The van der Waals surface area contributed by atoms with E-state index in [2.05, 4.69) is 16.8 Å². The zero-order valence-electron chi connectivity index (χ0n) is 10.9. The number of ether oxygens (including phenoxy) is 1. The van der Waals surface area contributed by atoms with E-state index < -0.39 is 5.91 Å². The van der Waals surface area contributed by atoms with Crippen LogP contribution in [0.2, 0.25) is 0 Å². The van der Waals surface area contributed by atoms with Crippen LogP contribution in [0.4, 0.5) is 0 Å². The lowest BCUT2D eigenvalue weighted by molar-refractivity contribution is -0.117. The fraction of sp³-hybridized carbons (Fsp3) is 0.125. The minimum atomic E-state index is -0.443. The molecule has 2 N–H and O–H groups in total. The molecule has 0 saturated carbocycles. The van der Waals surface area contributed by atoms with Crippen molar-refractivity contribution >= 4 is 5.91 Å². The highest BCUT2D eigenvalue weighted by Gasteiger charge is 1.97. The number of hydrogen-bond acceptors (Lipinski definition) is 3. The molecular formula is C16H14N2O2. The minimum Gasteiger partial charge on any atom is -0.487 e. The molecule has 0 unspecified atom stereocenters. The Hall–Kier alpha value is -2.80. The lowest BCUT2D eigenvalue weighted by Gasteiger charge is -2.05. The zero-order valence-corrected chi connectivity index (χ0v) is 10.9. The SMILES string of the molecule is NC(=O)CC#Cc1cncc(OCc2ccccc2)c1. The predicted molar refractivity (Wildman–Crippen MR) is 75.7 cm³/mol. The summed E-state index contributed by atoms with van der Waals surface area (Å²) in [5.41, 5.74) is 6.79. The smallest absolute Gasteiger partial charge is 0.229 e. The van der Waals surface area contributed by atoms with Gasteiger partial charge in [0, 0.05) is 11.8 Å². The van der Waals surface area contributed by atoms with Crippen LogP contribution in [0.1, 0.15) is 17.5 Å². The van der Waals surface area contributed by atoms with Crippen LogP contribution in [-0.4, -0.2) is 10.9 Å². The number of amides is 1. The first-order valence-electron chi connectivity index (χ1n) is 6.13. The summed E-state index contributed by atoms with van der Waals surface area (Å²) < 4.78 is 5.64. The van der Waals surface area contributed by atoms with Crippen molar-refractivity contribution in [1.82, 2.24) is 4.98 Å². The Labute approximate surface area is 117 Å². The van der Waals surface area contributed by atoms with E-state index >= 15 is 0 Å². The topological polar surface area (TPSA) is 65.2 Å². The molecule has 0 spiro atoms. The number of rotatable bonds is 4. The molecule has 0 bridgehead atoms. The molecule has 0 saturated heterocycles. The molecule has 100 valence electrons. The number of nitrogens with zero attached hydrogens (tertiary/aromatic N) is 1. The maximum atomic E-state index is 10.6. The Kier molecular flexibility index (Phi) is 4.74. The zero-order chi connectivity index (χ0) is 14.2. The molecule has 1 amide bonds. The van der Waals surface area contributed by atoms with Gasteiger partial charge in [0.1, 0.15) is 12.4 Å². The molecule has 20 heavy (non-hydrogen) atoms. The third kappa shape index (κ3) is 4.46. The standard InChI is InChI=1S/C16H14N2O2/c17-16(19)8-4-7-14-9-15(11-18-10-14)20-12-13-5-2-1-3-6-13/h1-3,5-6,9-11H,8,12H2,(H2,17,19). The highest BCUT2D eigenvalue weighted by Crippen LogP contribution is 2.12. The van der Waals surface area contributed by atoms with Gasteiger partial charge in [-0.1, -0.05) is 42.2 Å². The van der Waals surface area contributed by atoms with Gasteiger partial charge in [0.15, 0.2) is 0 Å². The summed E-state index contributed by atoms with van der Waals surface area (Å²) >= 11 is 0. The first kappa shape index (κ1) is 13.6. The van der Waals surface area contributed by atoms with Gasteiger partial charge in [-0.25, -0.2) is 0 Å². The lowest BCUT2D eigenvalue weighted by Crippen LogP contribution is -2.08. The van der Waals surface area contributed by atoms with Crippen molar-refractivity contribution < 1.29 is 9.53 Å². The highest BCUT2D eigenvalue weighted by atomic mass is 16.5. The maximum absolute atomic E-state index is 10.6. The molecule has 1 aromatic heterocycles. The quantitative estimate of drug-likeness (QED) is 0.859. The van der Waals surface area contributed by atoms with Gasteiger partial charge in [0.05, 0.1) is 12.6 Å². The molecule has 0 aliphatic heterocycles. The van der Waals surface area contributed by atoms with Crippen molar-refractivity contribution in [2.24, 2.45) is 5.73 Å². The molecule has 0 atom stereocenters. The van der Waals surface area contributed by atoms with Crippen LogP contribution in [0.25, 0.3) is 0 Å². The van der Waals surface area contributed by atoms with Gasteiger partial charge >= 0.3 is 0 Å². The van der Waals surface area contributed by atoms with Crippen molar-refractivity contribution in [2.75, 3.05) is 0 Å². The van der Waals surface area contributed by atoms with Crippen LogP contribution in [0.3, 0.4) is 0 Å². The van der Waals surface area contributed by atoms with Crippen LogP contribution >= 0.6 is 0 Å². The van der Waals surface area contributed by atoms with Gasteiger partial charge in [0.25, 0.3) is 0 Å². The summed E-state index contributed by atoms with van der Waals surface area (Å²) in [6.07, 6.45) is 3.28. The monoisotopic (exact) mass is 266 g/mol. The predicted octanol–water partition coefficient (Wildman–Crippen LogP) is 1.89. The number of aromatic nitrogens is 1. The summed E-state index contributed by atoms with van der Waals surface area (Å²) in [5.74, 6) is 5.70. The normalized spacial score (nSPS) is 9.40. The van der Waals surface area contributed by atoms with Crippen LogP contribution in [0, 0.1) is 11.8 Å². The third-order valence-corrected chi connectivity index (χ3v) is 2.46. The molecule has 1 heterocycles. The minimum absolute atomic E-state index is 0.0368. The van der Waals surface area contributed by atoms with E-state index in [1.54, 1.807) is 18.5 Å². The Bertz CT molecular complexity index is 642. The Balaban J connectivity index is 1.98. The van der Waals surface area contributed by atoms with Gasteiger partial charge in [-0.2, -0.15) is 0 Å². The summed E-state index contributed by atoms with van der Waals surface area (Å²) in [4.78, 5) is 14.6. The second-order valence-electron chi connectivity index (χ2n) is 4.13. The molecule has 0 fully saturated rings. The number of nitrogens with two attached hydrogens (primary N) is 1. The second-order valence-corrected chi connectivity index (χ2v) is 4.13. The molecule has 1 aromatic carbocycles. The molecule has 2 rings (SSSR count). The van der Waals surface area contributed by atoms with E-state index in [1.807, 2.05) is 30.3 Å². The van der Waals surface area contributed by atoms with Crippen molar-refractivity contribution in [2.45, 2.75) is 13.0 Å². The lowest BCUT2D eigenvalue weighted by atomic mass is 10.2. The number of hydrogen-bond donors (Lipinski definition) is 1.